The maximum absolute atomic E-state index is 12.6. The summed E-state index contributed by atoms with van der Waals surface area (Å²) in [4.78, 5) is 28.2. The van der Waals surface area contributed by atoms with Crippen LogP contribution in [0.5, 0.6) is 0 Å². The summed E-state index contributed by atoms with van der Waals surface area (Å²) in [5.74, 6) is 0.0885. The van der Waals surface area contributed by atoms with Gasteiger partial charge in [0.25, 0.3) is 11.8 Å². The molecule has 0 radical (unpaired) electrons. The normalized spacial score (nSPS) is 15.6. The molecule has 0 spiro atoms. The van der Waals surface area contributed by atoms with Crippen molar-refractivity contribution in [2.45, 2.75) is 26.2 Å². The van der Waals surface area contributed by atoms with Gasteiger partial charge in [-0.1, -0.05) is 20.8 Å². The number of furan rings is 1. The van der Waals surface area contributed by atoms with Gasteiger partial charge in [-0.15, -0.1) is 0 Å². The van der Waals surface area contributed by atoms with Crippen molar-refractivity contribution in [3.63, 3.8) is 0 Å². The number of nitrogens with one attached hydrogen (secondary N) is 1. The number of hydrogen-bond donors (Lipinski definition) is 1. The summed E-state index contributed by atoms with van der Waals surface area (Å²) >= 11 is 0. The molecule has 0 aliphatic carbocycles. The Kier molecular flexibility index (Phi) is 4.17. The molecule has 0 aromatic carbocycles. The summed E-state index contributed by atoms with van der Waals surface area (Å²) in [6, 6.07) is 5.15. The van der Waals surface area contributed by atoms with Gasteiger partial charge in [-0.05, 0) is 18.2 Å². The quantitative estimate of drug-likeness (QED) is 0.912. The second-order valence-corrected chi connectivity index (χ2v) is 6.98. The smallest absolute Gasteiger partial charge is 0.289 e. The maximum atomic E-state index is 12.6. The van der Waals surface area contributed by atoms with E-state index in [1.807, 2.05) is 6.07 Å². The van der Waals surface area contributed by atoms with Crippen molar-refractivity contribution in [2.24, 2.45) is 0 Å². The molecule has 0 bridgehead atoms. The molecule has 1 N–H and O–H groups in total. The van der Waals surface area contributed by atoms with Gasteiger partial charge in [0.1, 0.15) is 5.69 Å². The molecule has 128 valence electrons. The van der Waals surface area contributed by atoms with Gasteiger partial charge in [-0.25, -0.2) is 0 Å². The third-order valence-electron chi connectivity index (χ3n) is 4.19. The molecule has 0 atom stereocenters. The van der Waals surface area contributed by atoms with Gasteiger partial charge in [0.15, 0.2) is 5.76 Å². The van der Waals surface area contributed by atoms with Crippen LogP contribution < -0.4 is 0 Å². The average Bonchev–Trinajstić information content (AvgIpc) is 3.24. The van der Waals surface area contributed by atoms with Crippen LogP contribution >= 0.6 is 0 Å². The highest BCUT2D eigenvalue weighted by atomic mass is 16.3. The Labute approximate surface area is 140 Å². The predicted molar refractivity (Wildman–Crippen MR) is 87.8 cm³/mol. The summed E-state index contributed by atoms with van der Waals surface area (Å²) in [6.07, 6.45) is 1.48. The highest BCUT2D eigenvalue weighted by molar-refractivity contribution is 5.93. The van der Waals surface area contributed by atoms with Gasteiger partial charge in [-0.3, -0.25) is 14.7 Å². The van der Waals surface area contributed by atoms with Crippen LogP contribution in [-0.4, -0.2) is 58.0 Å². The first-order valence-corrected chi connectivity index (χ1v) is 8.04. The minimum atomic E-state index is -0.137. The molecule has 3 rings (SSSR count). The third kappa shape index (κ3) is 3.20. The minimum Gasteiger partial charge on any atom is -0.459 e. The van der Waals surface area contributed by atoms with Crippen LogP contribution in [0.3, 0.4) is 0 Å². The zero-order valence-electron chi connectivity index (χ0n) is 14.2. The first-order chi connectivity index (χ1) is 11.4. The number of aromatic nitrogens is 2. The lowest BCUT2D eigenvalue weighted by Gasteiger charge is -2.33. The summed E-state index contributed by atoms with van der Waals surface area (Å²) in [7, 11) is 0. The van der Waals surface area contributed by atoms with Crippen LogP contribution in [0.25, 0.3) is 0 Å². The number of carbonyl (C=O) groups is 2. The summed E-state index contributed by atoms with van der Waals surface area (Å²) in [5, 5.41) is 7.08. The standard InChI is InChI=1S/C17H22N4O3/c1-17(2,3)14-11-12(18-19-14)15(22)20-6-8-21(9-7-20)16(23)13-5-4-10-24-13/h4-5,10-11H,6-9H2,1-3H3,(H,18,19). The van der Waals surface area contributed by atoms with Crippen molar-refractivity contribution < 1.29 is 14.0 Å². The second kappa shape index (κ2) is 6.14. The summed E-state index contributed by atoms with van der Waals surface area (Å²) in [5.41, 5.74) is 1.27. The molecule has 1 aliphatic rings. The first-order valence-electron chi connectivity index (χ1n) is 8.04. The number of carbonyl (C=O) groups excluding carboxylic acids is 2. The molecule has 3 heterocycles. The number of nitrogens with zero attached hydrogens (tertiary/aromatic N) is 3. The Hall–Kier alpha value is -2.57. The number of hydrogen-bond acceptors (Lipinski definition) is 4. The van der Waals surface area contributed by atoms with E-state index < -0.39 is 0 Å². The highest BCUT2D eigenvalue weighted by Crippen LogP contribution is 2.21. The lowest BCUT2D eigenvalue weighted by molar-refractivity contribution is 0.0515. The Balaban J connectivity index is 1.61. The van der Waals surface area contributed by atoms with Crippen molar-refractivity contribution in [3.05, 3.63) is 41.6 Å². The van der Waals surface area contributed by atoms with Crippen LogP contribution in [0.2, 0.25) is 0 Å². The number of rotatable bonds is 2. The Morgan fingerprint density at radius 1 is 1.12 bits per heavy atom. The van der Waals surface area contributed by atoms with Crippen molar-refractivity contribution in [3.8, 4) is 0 Å². The molecule has 1 aliphatic heterocycles. The van der Waals surface area contributed by atoms with Gasteiger partial charge >= 0.3 is 0 Å². The van der Waals surface area contributed by atoms with Crippen molar-refractivity contribution in [1.82, 2.24) is 20.0 Å². The largest absolute Gasteiger partial charge is 0.459 e. The fourth-order valence-corrected chi connectivity index (χ4v) is 2.65. The zero-order chi connectivity index (χ0) is 17.3. The van der Waals surface area contributed by atoms with Crippen LogP contribution in [0.1, 0.15) is 47.5 Å². The van der Waals surface area contributed by atoms with E-state index in [1.54, 1.807) is 21.9 Å². The van der Waals surface area contributed by atoms with Crippen LogP contribution in [0.4, 0.5) is 0 Å². The molecule has 2 aromatic heterocycles. The minimum absolute atomic E-state index is 0.0836. The molecule has 0 saturated carbocycles. The van der Waals surface area contributed by atoms with Gasteiger partial charge in [0.05, 0.1) is 6.26 Å². The van der Waals surface area contributed by atoms with Crippen LogP contribution in [0.15, 0.2) is 28.9 Å². The van der Waals surface area contributed by atoms with Crippen molar-refractivity contribution >= 4 is 11.8 Å². The molecule has 24 heavy (non-hydrogen) atoms. The van der Waals surface area contributed by atoms with Gasteiger partial charge in [0, 0.05) is 37.3 Å². The van der Waals surface area contributed by atoms with E-state index in [9.17, 15) is 9.59 Å². The second-order valence-electron chi connectivity index (χ2n) is 6.98. The molecule has 2 aromatic rings. The maximum Gasteiger partial charge on any atom is 0.289 e. The third-order valence-corrected chi connectivity index (χ3v) is 4.19. The van der Waals surface area contributed by atoms with E-state index in [-0.39, 0.29) is 17.2 Å². The van der Waals surface area contributed by atoms with Gasteiger partial charge in [-0.2, -0.15) is 5.10 Å². The Bertz CT molecular complexity index is 719. The molecule has 0 unspecified atom stereocenters. The Morgan fingerprint density at radius 2 is 1.75 bits per heavy atom. The SMILES string of the molecule is CC(C)(C)c1cc(C(=O)N2CCN(C(=O)c3ccco3)CC2)n[nH]1. The van der Waals surface area contributed by atoms with Crippen LogP contribution in [-0.2, 0) is 5.41 Å². The van der Waals surface area contributed by atoms with Gasteiger partial charge in [0.2, 0.25) is 0 Å². The molecule has 2 amide bonds. The zero-order valence-corrected chi connectivity index (χ0v) is 14.2. The van der Waals surface area contributed by atoms with E-state index in [1.165, 1.54) is 6.26 Å². The Morgan fingerprint density at radius 3 is 2.25 bits per heavy atom. The number of aromatic amines is 1. The van der Waals surface area contributed by atoms with Crippen LogP contribution in [0, 0.1) is 0 Å². The first kappa shape index (κ1) is 16.3. The summed E-state index contributed by atoms with van der Waals surface area (Å²) < 4.78 is 5.14. The molecule has 1 saturated heterocycles. The lowest BCUT2D eigenvalue weighted by atomic mass is 9.92. The predicted octanol–water partition coefficient (Wildman–Crippen LogP) is 1.90. The highest BCUT2D eigenvalue weighted by Gasteiger charge is 2.28. The van der Waals surface area contributed by atoms with E-state index in [2.05, 4.69) is 31.0 Å². The fraction of sp³-hybridized carbons (Fsp3) is 0.471. The van der Waals surface area contributed by atoms with Gasteiger partial charge < -0.3 is 14.2 Å². The molecular weight excluding hydrogens is 308 g/mol. The molecular formula is C17H22N4O3. The number of H-pyrrole nitrogens is 1. The van der Waals surface area contributed by atoms with E-state index in [0.717, 1.165) is 5.69 Å². The fourth-order valence-electron chi connectivity index (χ4n) is 2.65. The molecule has 7 heteroatoms. The number of piperazine rings is 1. The van der Waals surface area contributed by atoms with E-state index >= 15 is 0 Å². The van der Waals surface area contributed by atoms with Crippen molar-refractivity contribution in [2.75, 3.05) is 26.2 Å². The summed E-state index contributed by atoms with van der Waals surface area (Å²) in [6.45, 7) is 8.14. The molecule has 1 fully saturated rings. The average molecular weight is 330 g/mol. The van der Waals surface area contributed by atoms with Crippen molar-refractivity contribution in [1.29, 1.82) is 0 Å². The monoisotopic (exact) mass is 330 g/mol. The lowest BCUT2D eigenvalue weighted by Crippen LogP contribution is -2.50. The van der Waals surface area contributed by atoms with E-state index in [4.69, 9.17) is 4.42 Å². The number of amides is 2. The molecule has 7 nitrogen and oxygen atoms in total. The van der Waals surface area contributed by atoms with E-state index in [0.29, 0.717) is 37.6 Å². The topological polar surface area (TPSA) is 82.4 Å².